The molecule has 170 valence electrons. The minimum absolute atomic E-state index is 0.110. The number of hydrogen-bond acceptors (Lipinski definition) is 7. The van der Waals surface area contributed by atoms with Crippen molar-refractivity contribution in [2.75, 3.05) is 60.3 Å². The Morgan fingerprint density at radius 3 is 2.23 bits per heavy atom. The lowest BCUT2D eigenvalue weighted by Crippen LogP contribution is -2.43. The Labute approximate surface area is 184 Å². The molecule has 9 heteroatoms. The summed E-state index contributed by atoms with van der Waals surface area (Å²) in [5.41, 5.74) is 1.02. The maximum Gasteiger partial charge on any atom is 0.240 e. The molecule has 3 rings (SSSR count). The zero-order valence-corrected chi connectivity index (χ0v) is 18.8. The van der Waals surface area contributed by atoms with Crippen molar-refractivity contribution in [3.8, 4) is 11.5 Å². The van der Waals surface area contributed by atoms with E-state index in [1.165, 1.54) is 0 Å². The van der Waals surface area contributed by atoms with Gasteiger partial charge in [-0.3, -0.25) is 4.90 Å². The molecule has 0 radical (unpaired) electrons. The van der Waals surface area contributed by atoms with Gasteiger partial charge in [0.25, 0.3) is 0 Å². The molecule has 2 aromatic carbocycles. The summed E-state index contributed by atoms with van der Waals surface area (Å²) in [5.74, 6) is 1.36. The van der Waals surface area contributed by atoms with Crippen molar-refractivity contribution in [1.82, 2.24) is 9.62 Å². The van der Waals surface area contributed by atoms with Gasteiger partial charge in [-0.2, -0.15) is 0 Å². The van der Waals surface area contributed by atoms with Gasteiger partial charge in [0.1, 0.15) is 18.1 Å². The van der Waals surface area contributed by atoms with E-state index in [0.717, 1.165) is 24.4 Å². The molecule has 0 bridgehead atoms. The van der Waals surface area contributed by atoms with Gasteiger partial charge in [-0.1, -0.05) is 12.1 Å². The van der Waals surface area contributed by atoms with Crippen LogP contribution in [0.15, 0.2) is 53.4 Å². The Morgan fingerprint density at radius 1 is 0.968 bits per heavy atom. The second-order valence-corrected chi connectivity index (χ2v) is 8.87. The summed E-state index contributed by atoms with van der Waals surface area (Å²) in [6.45, 7) is 3.87. The first kappa shape index (κ1) is 23.5. The van der Waals surface area contributed by atoms with Crippen molar-refractivity contribution >= 4 is 10.0 Å². The maximum absolute atomic E-state index is 12.9. The third kappa shape index (κ3) is 6.65. The van der Waals surface area contributed by atoms with Crippen LogP contribution in [0.5, 0.6) is 11.5 Å². The molecule has 0 aromatic heterocycles. The summed E-state index contributed by atoms with van der Waals surface area (Å²) in [5, 5.41) is 0. The van der Waals surface area contributed by atoms with E-state index >= 15 is 0 Å². The van der Waals surface area contributed by atoms with E-state index in [0.29, 0.717) is 32.2 Å². The number of morpholine rings is 1. The third-order valence-electron chi connectivity index (χ3n) is 5.14. The largest absolute Gasteiger partial charge is 0.497 e. The highest BCUT2D eigenvalue weighted by Crippen LogP contribution is 2.24. The maximum atomic E-state index is 12.9. The molecule has 2 aromatic rings. The van der Waals surface area contributed by atoms with Crippen molar-refractivity contribution in [1.29, 1.82) is 0 Å². The van der Waals surface area contributed by atoms with Gasteiger partial charge in [0.2, 0.25) is 10.0 Å². The highest BCUT2D eigenvalue weighted by atomic mass is 32.2. The summed E-state index contributed by atoms with van der Waals surface area (Å²) in [4.78, 5) is 2.43. The lowest BCUT2D eigenvalue weighted by atomic mass is 10.0. The number of rotatable bonds is 11. The van der Waals surface area contributed by atoms with E-state index in [2.05, 4.69) is 9.62 Å². The van der Waals surface area contributed by atoms with Gasteiger partial charge in [-0.05, 0) is 42.0 Å². The molecule has 8 nitrogen and oxygen atoms in total. The van der Waals surface area contributed by atoms with Gasteiger partial charge in [0.15, 0.2) is 0 Å². The van der Waals surface area contributed by atoms with Gasteiger partial charge >= 0.3 is 0 Å². The van der Waals surface area contributed by atoms with Crippen LogP contribution in [-0.4, -0.2) is 73.6 Å². The third-order valence-corrected chi connectivity index (χ3v) is 6.58. The number of methoxy groups -OCH3 is 2. The SMILES string of the molecule is COCCOc1ccc(S(=O)(=O)NCC(c2ccc(OC)cc2)N2CCOCC2)cc1. The first-order valence-corrected chi connectivity index (χ1v) is 11.7. The fraction of sp³-hybridized carbons (Fsp3) is 0.455. The molecule has 0 aliphatic carbocycles. The van der Waals surface area contributed by atoms with Gasteiger partial charge in [-0.15, -0.1) is 0 Å². The minimum Gasteiger partial charge on any atom is -0.497 e. The second kappa shape index (κ2) is 11.4. The van der Waals surface area contributed by atoms with Gasteiger partial charge in [0, 0.05) is 32.8 Å². The van der Waals surface area contributed by atoms with Crippen LogP contribution in [0, 0.1) is 0 Å². The monoisotopic (exact) mass is 450 g/mol. The Hall–Kier alpha value is -2.17. The van der Waals surface area contributed by atoms with Gasteiger partial charge in [-0.25, -0.2) is 13.1 Å². The molecule has 1 heterocycles. The number of nitrogens with zero attached hydrogens (tertiary/aromatic N) is 1. The van der Waals surface area contributed by atoms with Crippen LogP contribution in [0.2, 0.25) is 0 Å². The molecule has 0 spiro atoms. The van der Waals surface area contributed by atoms with Crippen LogP contribution in [0.25, 0.3) is 0 Å². The van der Waals surface area contributed by atoms with E-state index < -0.39 is 10.0 Å². The summed E-state index contributed by atoms with van der Waals surface area (Å²) in [6, 6.07) is 14.0. The molecular weight excluding hydrogens is 420 g/mol. The predicted octanol–water partition coefficient (Wildman–Crippen LogP) is 2.07. The van der Waals surface area contributed by atoms with Crippen LogP contribution >= 0.6 is 0 Å². The first-order valence-electron chi connectivity index (χ1n) is 10.2. The van der Waals surface area contributed by atoms with Crippen molar-refractivity contribution in [2.24, 2.45) is 0 Å². The predicted molar refractivity (Wildman–Crippen MR) is 117 cm³/mol. The number of benzene rings is 2. The summed E-state index contributed by atoms with van der Waals surface area (Å²) in [6.07, 6.45) is 0. The van der Waals surface area contributed by atoms with E-state index in [4.69, 9.17) is 18.9 Å². The Kier molecular flexibility index (Phi) is 8.68. The summed E-state index contributed by atoms with van der Waals surface area (Å²) in [7, 11) is -0.450. The molecule has 31 heavy (non-hydrogen) atoms. The Balaban J connectivity index is 1.70. The average Bonchev–Trinajstić information content (AvgIpc) is 2.81. The molecule has 1 fully saturated rings. The fourth-order valence-corrected chi connectivity index (χ4v) is 4.44. The minimum atomic E-state index is -3.67. The standard InChI is InChI=1S/C22H30N2O6S/c1-27-15-16-30-20-7-9-21(10-8-20)31(25,26)23-17-22(24-11-13-29-14-12-24)18-3-5-19(28-2)6-4-18/h3-10,22-23H,11-17H2,1-2H3. The van der Waals surface area contributed by atoms with Crippen LogP contribution in [0.1, 0.15) is 11.6 Å². The summed E-state index contributed by atoms with van der Waals surface area (Å²) < 4.78 is 49.7. The number of nitrogens with one attached hydrogen (secondary N) is 1. The van der Waals surface area contributed by atoms with E-state index in [1.807, 2.05) is 24.3 Å². The molecule has 1 aliphatic heterocycles. The highest BCUT2D eigenvalue weighted by molar-refractivity contribution is 7.89. The van der Waals surface area contributed by atoms with Crippen LogP contribution < -0.4 is 14.2 Å². The van der Waals surface area contributed by atoms with Crippen LogP contribution in [-0.2, 0) is 19.5 Å². The zero-order chi connectivity index (χ0) is 22.1. The van der Waals surface area contributed by atoms with Gasteiger partial charge < -0.3 is 18.9 Å². The Bertz CT molecular complexity index is 897. The topological polar surface area (TPSA) is 86.3 Å². The molecular formula is C22H30N2O6S. The number of ether oxygens (including phenoxy) is 4. The molecule has 0 saturated carbocycles. The molecule has 0 amide bonds. The molecule has 1 saturated heterocycles. The van der Waals surface area contributed by atoms with Crippen molar-refractivity contribution < 1.29 is 27.4 Å². The molecule has 1 aliphatic rings. The number of sulfonamides is 1. The molecule has 1 N–H and O–H groups in total. The molecule has 1 atom stereocenters. The van der Waals surface area contributed by atoms with E-state index in [9.17, 15) is 8.42 Å². The van der Waals surface area contributed by atoms with Crippen molar-refractivity contribution in [3.05, 3.63) is 54.1 Å². The average molecular weight is 451 g/mol. The Morgan fingerprint density at radius 2 is 1.61 bits per heavy atom. The van der Waals surface area contributed by atoms with Crippen molar-refractivity contribution in [3.63, 3.8) is 0 Å². The first-order chi connectivity index (χ1) is 15.0. The lowest BCUT2D eigenvalue weighted by molar-refractivity contribution is 0.0172. The number of hydrogen-bond donors (Lipinski definition) is 1. The van der Waals surface area contributed by atoms with Crippen LogP contribution in [0.3, 0.4) is 0 Å². The highest BCUT2D eigenvalue weighted by Gasteiger charge is 2.25. The summed E-state index contributed by atoms with van der Waals surface area (Å²) >= 11 is 0. The second-order valence-electron chi connectivity index (χ2n) is 7.10. The van der Waals surface area contributed by atoms with E-state index in [1.54, 1.807) is 38.5 Å². The fourth-order valence-electron chi connectivity index (χ4n) is 3.40. The zero-order valence-electron chi connectivity index (χ0n) is 18.0. The smallest absolute Gasteiger partial charge is 0.240 e. The van der Waals surface area contributed by atoms with Crippen molar-refractivity contribution in [2.45, 2.75) is 10.9 Å². The molecule has 1 unspecified atom stereocenters. The quantitative estimate of drug-likeness (QED) is 0.525. The van der Waals surface area contributed by atoms with Crippen LogP contribution in [0.4, 0.5) is 0 Å². The van der Waals surface area contributed by atoms with Gasteiger partial charge in [0.05, 0.1) is 31.8 Å². The van der Waals surface area contributed by atoms with E-state index in [-0.39, 0.29) is 17.5 Å². The lowest BCUT2D eigenvalue weighted by Gasteiger charge is -2.35. The normalized spacial score (nSPS) is 16.1.